The van der Waals surface area contributed by atoms with E-state index in [-0.39, 0.29) is 5.41 Å². The Morgan fingerprint density at radius 3 is 2.48 bits per heavy atom. The average Bonchev–Trinajstić information content (AvgIpc) is 2.77. The van der Waals surface area contributed by atoms with Crippen molar-refractivity contribution in [1.82, 2.24) is 0 Å². The molecule has 2 aromatic rings. The minimum Gasteiger partial charge on any atom is -0.494 e. The first kappa shape index (κ1) is 24.3. The summed E-state index contributed by atoms with van der Waals surface area (Å²) in [6.07, 6.45) is 5.49. The lowest BCUT2D eigenvalue weighted by atomic mass is 9.49. The fraction of sp³-hybridized carbons (Fsp3) is 0.586. The van der Waals surface area contributed by atoms with Crippen LogP contribution in [0.15, 0.2) is 48.5 Å². The van der Waals surface area contributed by atoms with Crippen molar-refractivity contribution in [3.63, 3.8) is 0 Å². The summed E-state index contributed by atoms with van der Waals surface area (Å²) in [6.45, 7) is 8.26. The van der Waals surface area contributed by atoms with Crippen molar-refractivity contribution in [2.75, 3.05) is 6.61 Å². The predicted octanol–water partition coefficient (Wildman–Crippen LogP) is 5.26. The summed E-state index contributed by atoms with van der Waals surface area (Å²) < 4.78 is 6.00. The van der Waals surface area contributed by atoms with Gasteiger partial charge >= 0.3 is 0 Å². The lowest BCUT2D eigenvalue weighted by molar-refractivity contribution is -0.205. The van der Waals surface area contributed by atoms with Crippen LogP contribution in [0, 0.1) is 5.92 Å². The summed E-state index contributed by atoms with van der Waals surface area (Å²) in [4.78, 5) is 0. The van der Waals surface area contributed by atoms with Gasteiger partial charge in [-0.25, -0.2) is 0 Å². The first-order valence-electron chi connectivity index (χ1n) is 12.5. The molecule has 1 saturated carbocycles. The number of hydrogen-bond acceptors (Lipinski definition) is 4. The lowest BCUT2D eigenvalue weighted by Crippen LogP contribution is -2.62. The van der Waals surface area contributed by atoms with Crippen molar-refractivity contribution in [2.24, 2.45) is 5.92 Å². The molecule has 0 heterocycles. The quantitative estimate of drug-likeness (QED) is 0.501. The molecule has 0 aliphatic heterocycles. The third kappa shape index (κ3) is 4.45. The molecule has 0 spiro atoms. The van der Waals surface area contributed by atoms with Gasteiger partial charge in [0, 0.05) is 5.41 Å². The highest BCUT2D eigenvalue weighted by Gasteiger charge is 2.60. The first-order chi connectivity index (χ1) is 15.5. The number of aryl methyl sites for hydroxylation is 1. The Labute approximate surface area is 198 Å². The van der Waals surface area contributed by atoms with Crippen LogP contribution in [0.3, 0.4) is 0 Å². The Morgan fingerprint density at radius 1 is 1.09 bits per heavy atom. The van der Waals surface area contributed by atoms with Gasteiger partial charge in [0.25, 0.3) is 0 Å². The highest BCUT2D eigenvalue weighted by Crippen LogP contribution is 2.60. The Bertz CT molecular complexity index is 961. The summed E-state index contributed by atoms with van der Waals surface area (Å²) >= 11 is 0. The van der Waals surface area contributed by atoms with Crippen LogP contribution in [-0.4, -0.2) is 33.1 Å². The van der Waals surface area contributed by atoms with Gasteiger partial charge in [-0.2, -0.15) is 0 Å². The third-order valence-electron chi connectivity index (χ3n) is 8.33. The van der Waals surface area contributed by atoms with E-state index in [4.69, 9.17) is 4.74 Å². The molecular weight excluding hydrogens is 412 g/mol. The second-order valence-corrected chi connectivity index (χ2v) is 11.2. The Kier molecular flexibility index (Phi) is 6.41. The van der Waals surface area contributed by atoms with Crippen molar-refractivity contribution in [1.29, 1.82) is 0 Å². The molecule has 0 aromatic heterocycles. The summed E-state index contributed by atoms with van der Waals surface area (Å²) in [5, 5.41) is 33.4. The molecule has 4 rings (SSSR count). The molecule has 2 aliphatic rings. The maximum atomic E-state index is 11.8. The van der Waals surface area contributed by atoms with Gasteiger partial charge < -0.3 is 20.1 Å². The van der Waals surface area contributed by atoms with E-state index in [9.17, 15) is 15.3 Å². The molecular formula is C29H40O4. The van der Waals surface area contributed by atoms with Crippen LogP contribution in [0.2, 0.25) is 0 Å². The van der Waals surface area contributed by atoms with E-state index in [2.05, 4.69) is 25.1 Å². The van der Waals surface area contributed by atoms with Gasteiger partial charge in [0.1, 0.15) is 11.4 Å². The van der Waals surface area contributed by atoms with Gasteiger partial charge in [-0.3, -0.25) is 0 Å². The molecule has 0 radical (unpaired) electrons. The molecule has 3 N–H and O–H groups in total. The topological polar surface area (TPSA) is 69.9 Å². The van der Waals surface area contributed by atoms with Crippen molar-refractivity contribution >= 4 is 0 Å². The molecule has 0 amide bonds. The molecule has 3 unspecified atom stereocenters. The zero-order valence-corrected chi connectivity index (χ0v) is 20.6. The van der Waals surface area contributed by atoms with E-state index in [0.717, 1.165) is 37.0 Å². The maximum absolute atomic E-state index is 11.8. The zero-order valence-electron chi connectivity index (χ0n) is 20.6. The summed E-state index contributed by atoms with van der Waals surface area (Å²) in [5.41, 5.74) is 0.106. The van der Waals surface area contributed by atoms with E-state index in [1.807, 2.05) is 51.1 Å². The Balaban J connectivity index is 1.59. The standard InChI is InChI=1S/C29H40O4/c1-5-28-20-27(4,31)29(32,22-10-7-6-8-11-22)19-23(28)13-12-21-18-24(14-15-25(21)28)33-17-9-16-26(2,3)30/h6-8,10-11,14-15,18,23,30-32H,5,9,12-13,16-17,19-20H2,1-4H3/t23-,27?,28?,29?/m1/s1. The molecule has 0 saturated heterocycles. The van der Waals surface area contributed by atoms with Crippen LogP contribution in [0.1, 0.15) is 82.9 Å². The van der Waals surface area contributed by atoms with Gasteiger partial charge in [-0.15, -0.1) is 0 Å². The minimum absolute atomic E-state index is 0.155. The summed E-state index contributed by atoms with van der Waals surface area (Å²) in [7, 11) is 0. The number of rotatable bonds is 7. The smallest absolute Gasteiger partial charge is 0.119 e. The molecule has 4 atom stereocenters. The lowest BCUT2D eigenvalue weighted by Gasteiger charge is -2.59. The van der Waals surface area contributed by atoms with Crippen LogP contribution < -0.4 is 4.74 Å². The summed E-state index contributed by atoms with van der Waals surface area (Å²) in [6, 6.07) is 16.1. The van der Waals surface area contributed by atoms with Crippen molar-refractivity contribution < 1.29 is 20.1 Å². The molecule has 4 nitrogen and oxygen atoms in total. The zero-order chi connectivity index (χ0) is 23.9. The molecule has 2 aliphatic carbocycles. The molecule has 0 bridgehead atoms. The van der Waals surface area contributed by atoms with Gasteiger partial charge in [0.15, 0.2) is 0 Å². The second kappa shape index (κ2) is 8.72. The van der Waals surface area contributed by atoms with Crippen LogP contribution in [0.5, 0.6) is 5.75 Å². The number of fused-ring (bicyclic) bond motifs is 3. The number of hydrogen-bond donors (Lipinski definition) is 3. The minimum atomic E-state index is -1.25. The van der Waals surface area contributed by atoms with Gasteiger partial charge in [-0.1, -0.05) is 43.3 Å². The van der Waals surface area contributed by atoms with Gasteiger partial charge in [0.05, 0.1) is 17.8 Å². The van der Waals surface area contributed by atoms with E-state index in [0.29, 0.717) is 31.8 Å². The van der Waals surface area contributed by atoms with Gasteiger partial charge in [0.2, 0.25) is 0 Å². The van der Waals surface area contributed by atoms with Crippen molar-refractivity contribution in [2.45, 2.75) is 94.9 Å². The first-order valence-corrected chi connectivity index (χ1v) is 12.5. The molecule has 4 heteroatoms. The maximum Gasteiger partial charge on any atom is 0.119 e. The molecule has 1 fully saturated rings. The highest BCUT2D eigenvalue weighted by molar-refractivity contribution is 5.45. The van der Waals surface area contributed by atoms with Crippen molar-refractivity contribution in [3.05, 3.63) is 65.2 Å². The number of aliphatic hydroxyl groups is 3. The second-order valence-electron chi connectivity index (χ2n) is 11.2. The average molecular weight is 453 g/mol. The fourth-order valence-corrected chi connectivity index (χ4v) is 6.49. The van der Waals surface area contributed by atoms with Crippen molar-refractivity contribution in [3.8, 4) is 5.75 Å². The van der Waals surface area contributed by atoms with Crippen LogP contribution in [0.25, 0.3) is 0 Å². The number of ether oxygens (including phenoxy) is 1. The Morgan fingerprint density at radius 2 is 1.82 bits per heavy atom. The fourth-order valence-electron chi connectivity index (χ4n) is 6.49. The van der Waals surface area contributed by atoms with Gasteiger partial charge in [-0.05, 0) is 100 Å². The van der Waals surface area contributed by atoms with E-state index in [1.165, 1.54) is 11.1 Å². The van der Waals surface area contributed by atoms with E-state index in [1.54, 1.807) is 0 Å². The SMILES string of the molecule is CCC12CC(C)(O)C(O)(c3ccccc3)C[C@H]1CCc1cc(OCCCC(C)(C)O)ccc12. The molecule has 2 aromatic carbocycles. The largest absolute Gasteiger partial charge is 0.494 e. The van der Waals surface area contributed by atoms with Crippen LogP contribution >= 0.6 is 0 Å². The van der Waals surface area contributed by atoms with E-state index >= 15 is 0 Å². The Hall–Kier alpha value is -1.88. The summed E-state index contributed by atoms with van der Waals surface area (Å²) in [5.74, 6) is 1.18. The van der Waals surface area contributed by atoms with Crippen LogP contribution in [0.4, 0.5) is 0 Å². The number of benzene rings is 2. The predicted molar refractivity (Wildman–Crippen MR) is 131 cm³/mol. The monoisotopic (exact) mass is 452 g/mol. The third-order valence-corrected chi connectivity index (χ3v) is 8.33. The molecule has 33 heavy (non-hydrogen) atoms. The highest BCUT2D eigenvalue weighted by atomic mass is 16.5. The molecule has 180 valence electrons. The normalized spacial score (nSPS) is 31.5. The van der Waals surface area contributed by atoms with Crippen LogP contribution in [-0.2, 0) is 17.4 Å². The van der Waals surface area contributed by atoms with E-state index < -0.39 is 16.8 Å².